The van der Waals surface area contributed by atoms with Gasteiger partial charge >= 0.3 is 0 Å². The van der Waals surface area contributed by atoms with Crippen LogP contribution in [0.4, 0.5) is 11.6 Å². The van der Waals surface area contributed by atoms with Crippen molar-refractivity contribution in [1.82, 2.24) is 24.7 Å². The third-order valence-corrected chi connectivity index (χ3v) is 3.56. The molecule has 3 rings (SSSR count). The summed E-state index contributed by atoms with van der Waals surface area (Å²) < 4.78 is 2.17. The van der Waals surface area contributed by atoms with Gasteiger partial charge in [0, 0.05) is 17.8 Å². The minimum Gasteiger partial charge on any atom is -0.383 e. The molecule has 0 bridgehead atoms. The SMILES string of the molecule is C#CCNc1nc(-n2ncc3cnccc32)nc(N)c1Br. The van der Waals surface area contributed by atoms with Crippen LogP contribution in [0.1, 0.15) is 0 Å². The highest BCUT2D eigenvalue weighted by atomic mass is 79.9. The molecule has 7 nitrogen and oxygen atoms in total. The summed E-state index contributed by atoms with van der Waals surface area (Å²) in [7, 11) is 0. The van der Waals surface area contributed by atoms with Gasteiger partial charge in [-0.1, -0.05) is 5.92 Å². The van der Waals surface area contributed by atoms with Crippen molar-refractivity contribution >= 4 is 38.5 Å². The first-order chi connectivity index (χ1) is 10.2. The van der Waals surface area contributed by atoms with Crippen LogP contribution in [0.2, 0.25) is 0 Å². The lowest BCUT2D eigenvalue weighted by molar-refractivity contribution is 0.834. The number of rotatable bonds is 3. The molecule has 0 radical (unpaired) electrons. The van der Waals surface area contributed by atoms with Crippen molar-refractivity contribution in [2.45, 2.75) is 0 Å². The van der Waals surface area contributed by atoms with Gasteiger partial charge in [-0.3, -0.25) is 4.98 Å². The summed E-state index contributed by atoms with van der Waals surface area (Å²) in [6.07, 6.45) is 10.3. The van der Waals surface area contributed by atoms with E-state index in [0.29, 0.717) is 28.6 Å². The Balaban J connectivity index is 2.14. The van der Waals surface area contributed by atoms with Gasteiger partial charge in [0.05, 0.1) is 18.3 Å². The third kappa shape index (κ3) is 2.39. The number of hydrogen-bond acceptors (Lipinski definition) is 6. The second-order valence-electron chi connectivity index (χ2n) is 4.12. The summed E-state index contributed by atoms with van der Waals surface area (Å²) in [6.45, 7) is 0.332. The molecule has 0 saturated heterocycles. The van der Waals surface area contributed by atoms with Crippen molar-refractivity contribution in [2.24, 2.45) is 0 Å². The molecule has 0 unspecified atom stereocenters. The average molecular weight is 344 g/mol. The van der Waals surface area contributed by atoms with Crippen molar-refractivity contribution in [3.63, 3.8) is 0 Å². The predicted octanol–water partition coefficient (Wildman–Crippen LogP) is 1.60. The number of hydrogen-bond donors (Lipinski definition) is 2. The van der Waals surface area contributed by atoms with Gasteiger partial charge in [0.2, 0.25) is 0 Å². The van der Waals surface area contributed by atoms with Gasteiger partial charge in [-0.05, 0) is 22.0 Å². The zero-order valence-electron chi connectivity index (χ0n) is 10.8. The first kappa shape index (κ1) is 13.3. The molecule has 0 spiro atoms. The van der Waals surface area contributed by atoms with E-state index in [9.17, 15) is 0 Å². The number of terminal acetylenes is 1. The van der Waals surface area contributed by atoms with Gasteiger partial charge in [-0.15, -0.1) is 6.42 Å². The van der Waals surface area contributed by atoms with E-state index in [-0.39, 0.29) is 0 Å². The Labute approximate surface area is 128 Å². The van der Waals surface area contributed by atoms with E-state index in [0.717, 1.165) is 10.9 Å². The van der Waals surface area contributed by atoms with Crippen molar-refractivity contribution in [3.05, 3.63) is 29.1 Å². The second-order valence-corrected chi connectivity index (χ2v) is 4.91. The van der Waals surface area contributed by atoms with E-state index in [1.165, 1.54) is 0 Å². The molecule has 0 amide bonds. The fourth-order valence-electron chi connectivity index (χ4n) is 1.83. The van der Waals surface area contributed by atoms with Crippen molar-refractivity contribution in [2.75, 3.05) is 17.6 Å². The van der Waals surface area contributed by atoms with Crippen LogP contribution < -0.4 is 11.1 Å². The Morgan fingerprint density at radius 3 is 3.05 bits per heavy atom. The summed E-state index contributed by atoms with van der Waals surface area (Å²) >= 11 is 3.34. The largest absolute Gasteiger partial charge is 0.383 e. The number of nitrogen functional groups attached to an aromatic ring is 1. The maximum Gasteiger partial charge on any atom is 0.255 e. The molecule has 0 aliphatic rings. The maximum absolute atomic E-state index is 5.90. The van der Waals surface area contributed by atoms with E-state index < -0.39 is 0 Å². The van der Waals surface area contributed by atoms with Crippen LogP contribution in [0.15, 0.2) is 29.1 Å². The molecule has 0 atom stereocenters. The highest BCUT2D eigenvalue weighted by Gasteiger charge is 2.13. The number of halogens is 1. The van der Waals surface area contributed by atoms with Gasteiger partial charge in [0.15, 0.2) is 0 Å². The van der Waals surface area contributed by atoms with Crippen LogP contribution in [-0.4, -0.2) is 31.3 Å². The fraction of sp³-hybridized carbons (Fsp3) is 0.0769. The summed E-state index contributed by atoms with van der Waals surface area (Å²) in [5.74, 6) is 3.67. The lowest BCUT2D eigenvalue weighted by Crippen LogP contribution is -2.10. The fourth-order valence-corrected chi connectivity index (χ4v) is 2.15. The summed E-state index contributed by atoms with van der Waals surface area (Å²) in [5, 5.41) is 8.15. The monoisotopic (exact) mass is 343 g/mol. The van der Waals surface area contributed by atoms with Gasteiger partial charge in [-0.2, -0.15) is 19.7 Å². The Bertz CT molecular complexity index is 849. The number of fused-ring (bicyclic) bond motifs is 1. The van der Waals surface area contributed by atoms with E-state index in [1.54, 1.807) is 23.3 Å². The van der Waals surface area contributed by atoms with Gasteiger partial charge in [0.1, 0.15) is 16.1 Å². The first-order valence-electron chi connectivity index (χ1n) is 5.99. The molecule has 8 heteroatoms. The van der Waals surface area contributed by atoms with Crippen LogP contribution >= 0.6 is 15.9 Å². The molecule has 3 aromatic rings. The number of anilines is 2. The molecular weight excluding hydrogens is 334 g/mol. The minimum atomic E-state index is 0.303. The molecular formula is C13H10BrN7. The Morgan fingerprint density at radius 1 is 1.38 bits per heavy atom. The summed E-state index contributed by atoms with van der Waals surface area (Å²) in [4.78, 5) is 12.7. The molecule has 3 N–H and O–H groups in total. The molecule has 104 valence electrons. The predicted molar refractivity (Wildman–Crippen MR) is 83.9 cm³/mol. The topological polar surface area (TPSA) is 94.5 Å². The molecule has 0 saturated carbocycles. The number of nitrogens with one attached hydrogen (secondary N) is 1. The molecule has 3 aromatic heterocycles. The van der Waals surface area contributed by atoms with Crippen LogP contribution in [-0.2, 0) is 0 Å². The van der Waals surface area contributed by atoms with Crippen LogP contribution in [0.25, 0.3) is 16.9 Å². The molecule has 0 aromatic carbocycles. The molecule has 21 heavy (non-hydrogen) atoms. The van der Waals surface area contributed by atoms with Gasteiger partial charge in [-0.25, -0.2) is 0 Å². The van der Waals surface area contributed by atoms with Crippen LogP contribution in [0.5, 0.6) is 0 Å². The van der Waals surface area contributed by atoms with Crippen LogP contribution in [0, 0.1) is 12.3 Å². The van der Waals surface area contributed by atoms with E-state index >= 15 is 0 Å². The Kier molecular flexibility index (Phi) is 3.41. The summed E-state index contributed by atoms with van der Waals surface area (Å²) in [5.41, 5.74) is 6.74. The van der Waals surface area contributed by atoms with E-state index in [1.807, 2.05) is 6.07 Å². The average Bonchev–Trinajstić information content (AvgIpc) is 2.92. The Hall–Kier alpha value is -2.66. The Morgan fingerprint density at radius 2 is 2.24 bits per heavy atom. The minimum absolute atomic E-state index is 0.303. The first-order valence-corrected chi connectivity index (χ1v) is 6.78. The normalized spacial score (nSPS) is 10.5. The van der Waals surface area contributed by atoms with E-state index in [2.05, 4.69) is 47.2 Å². The highest BCUT2D eigenvalue weighted by Crippen LogP contribution is 2.27. The standard InChI is InChI=1S/C13H10BrN7/c1-2-4-17-12-10(14)11(15)19-13(20-12)21-9-3-5-16-6-8(9)7-18-21/h1,3,5-7H,4H2,(H3,15,17,19,20). The lowest BCUT2D eigenvalue weighted by atomic mass is 10.3. The van der Waals surface area contributed by atoms with Gasteiger partial charge < -0.3 is 11.1 Å². The second kappa shape index (κ2) is 5.38. The molecule has 3 heterocycles. The van der Waals surface area contributed by atoms with Crippen molar-refractivity contribution in [3.8, 4) is 18.3 Å². The third-order valence-electron chi connectivity index (χ3n) is 2.78. The molecule has 0 fully saturated rings. The zero-order valence-corrected chi connectivity index (χ0v) is 12.4. The van der Waals surface area contributed by atoms with Crippen LogP contribution in [0.3, 0.4) is 0 Å². The molecule has 0 aliphatic heterocycles. The molecule has 0 aliphatic carbocycles. The van der Waals surface area contributed by atoms with Gasteiger partial charge in [0.25, 0.3) is 5.95 Å². The quantitative estimate of drug-likeness (QED) is 0.701. The zero-order chi connectivity index (χ0) is 14.8. The van der Waals surface area contributed by atoms with Crippen molar-refractivity contribution in [1.29, 1.82) is 0 Å². The number of aromatic nitrogens is 5. The lowest BCUT2D eigenvalue weighted by Gasteiger charge is -2.09. The highest BCUT2D eigenvalue weighted by molar-refractivity contribution is 9.10. The number of nitrogens with two attached hydrogens (primary N) is 1. The number of pyridine rings is 1. The van der Waals surface area contributed by atoms with E-state index in [4.69, 9.17) is 12.2 Å². The maximum atomic E-state index is 5.90. The van der Waals surface area contributed by atoms with Crippen molar-refractivity contribution < 1.29 is 0 Å². The number of nitrogens with zero attached hydrogens (tertiary/aromatic N) is 5. The smallest absolute Gasteiger partial charge is 0.255 e. The summed E-state index contributed by atoms with van der Waals surface area (Å²) in [6, 6.07) is 1.83.